The van der Waals surface area contributed by atoms with Gasteiger partial charge in [-0.05, 0) is 148 Å². The second-order valence-corrected chi connectivity index (χ2v) is 21.8. The molecule has 4 N–H and O–H groups in total. The highest BCUT2D eigenvalue weighted by molar-refractivity contribution is 5.95. The molecule has 0 saturated heterocycles. The number of aryl methyl sites for hydroxylation is 1. The number of hydrogen-bond donors (Lipinski definition) is 4. The molecular weight excluding hydrogens is 697 g/mol. The maximum atomic E-state index is 14.3. The summed E-state index contributed by atoms with van der Waals surface area (Å²) in [6.45, 7) is 12.6. The molecule has 0 bridgehead atoms. The molecule has 1 aromatic heterocycles. The number of aromatic nitrogens is 2. The molecule has 0 aromatic carbocycles. The Balaban J connectivity index is 1.07. The maximum Gasteiger partial charge on any atom is 0.159 e. The van der Waals surface area contributed by atoms with Crippen LogP contribution in [0.2, 0.25) is 0 Å². The topological polar surface area (TPSA) is 116 Å². The molecule has 1 heterocycles. The van der Waals surface area contributed by atoms with Gasteiger partial charge in [-0.25, -0.2) is 4.98 Å². The van der Waals surface area contributed by atoms with E-state index in [0.717, 1.165) is 69.9 Å². The molecule has 0 aliphatic heterocycles. The Morgan fingerprint density at radius 1 is 0.964 bits per heavy atom. The van der Waals surface area contributed by atoms with Crippen molar-refractivity contribution in [1.82, 2.24) is 9.55 Å². The predicted octanol–water partition coefficient (Wildman–Crippen LogP) is 8.90. The third-order valence-corrected chi connectivity index (χ3v) is 18.3. The Bertz CT molecular complexity index is 1770. The molecule has 0 spiro atoms. The Morgan fingerprint density at radius 2 is 1.77 bits per heavy atom. The first-order valence-corrected chi connectivity index (χ1v) is 23.1. The van der Waals surface area contributed by atoms with Gasteiger partial charge < -0.3 is 25.0 Å². The van der Waals surface area contributed by atoms with E-state index in [9.17, 15) is 25.2 Å². The van der Waals surface area contributed by atoms with Gasteiger partial charge in [0.1, 0.15) is 0 Å². The monoisotopic (exact) mass is 769 g/mol. The number of aliphatic hydroxyl groups is 4. The molecule has 9 rings (SSSR count). The zero-order chi connectivity index (χ0) is 39.4. The number of rotatable bonds is 9. The van der Waals surface area contributed by atoms with E-state index in [2.05, 4.69) is 50.4 Å². The fraction of sp³-hybridized carbons (Fsp3) is 0.796. The van der Waals surface area contributed by atoms with Crippen LogP contribution in [-0.4, -0.2) is 59.7 Å². The van der Waals surface area contributed by atoms with Gasteiger partial charge in [0.25, 0.3) is 0 Å². The molecule has 5 saturated carbocycles. The van der Waals surface area contributed by atoms with Crippen molar-refractivity contribution in [3.8, 4) is 0 Å². The Morgan fingerprint density at radius 3 is 2.54 bits per heavy atom. The average Bonchev–Trinajstić information content (AvgIpc) is 3.79. The van der Waals surface area contributed by atoms with Crippen molar-refractivity contribution in [1.29, 1.82) is 0 Å². The molecule has 0 amide bonds. The number of imidazole rings is 1. The van der Waals surface area contributed by atoms with Crippen LogP contribution in [0.5, 0.6) is 0 Å². The highest BCUT2D eigenvalue weighted by atomic mass is 16.3. The van der Waals surface area contributed by atoms with E-state index < -0.39 is 34.7 Å². The molecular formula is C49H72N2O5. The van der Waals surface area contributed by atoms with Gasteiger partial charge in [0, 0.05) is 42.1 Å². The Kier molecular flexibility index (Phi) is 10.1. The minimum absolute atomic E-state index is 0.0252. The van der Waals surface area contributed by atoms with Crippen LogP contribution in [-0.2, 0) is 11.3 Å². The number of nitrogens with zero attached hydrogens (tertiary/aromatic N) is 2. The molecule has 13 atom stereocenters. The van der Waals surface area contributed by atoms with E-state index in [1.165, 1.54) is 38.5 Å². The van der Waals surface area contributed by atoms with E-state index in [0.29, 0.717) is 37.0 Å². The van der Waals surface area contributed by atoms with Gasteiger partial charge in [0.2, 0.25) is 0 Å². The van der Waals surface area contributed by atoms with Gasteiger partial charge in [0.05, 0.1) is 30.2 Å². The number of allylic oxidation sites excluding steroid dienone is 3. The van der Waals surface area contributed by atoms with E-state index in [-0.39, 0.29) is 40.8 Å². The molecule has 8 aliphatic carbocycles. The summed E-state index contributed by atoms with van der Waals surface area (Å²) in [6.07, 6.45) is 23.0. The highest BCUT2D eigenvalue weighted by Gasteiger charge is 2.69. The summed E-state index contributed by atoms with van der Waals surface area (Å²) in [5.41, 5.74) is 5.39. The van der Waals surface area contributed by atoms with Crippen LogP contribution in [0, 0.1) is 63.6 Å². The van der Waals surface area contributed by atoms with Crippen molar-refractivity contribution in [3.05, 3.63) is 52.7 Å². The third kappa shape index (κ3) is 5.92. The molecule has 308 valence electrons. The highest BCUT2D eigenvalue weighted by Crippen LogP contribution is 2.71. The fourth-order valence-corrected chi connectivity index (χ4v) is 15.7. The van der Waals surface area contributed by atoms with Gasteiger partial charge in [-0.3, -0.25) is 4.79 Å². The summed E-state index contributed by atoms with van der Waals surface area (Å²) in [4.78, 5) is 18.7. The number of ketones is 1. The first-order chi connectivity index (χ1) is 26.7. The van der Waals surface area contributed by atoms with Crippen molar-refractivity contribution in [2.75, 3.05) is 0 Å². The van der Waals surface area contributed by atoms with Crippen LogP contribution in [0.25, 0.3) is 0 Å². The zero-order valence-corrected chi connectivity index (χ0v) is 35.2. The van der Waals surface area contributed by atoms with Gasteiger partial charge >= 0.3 is 0 Å². The van der Waals surface area contributed by atoms with Gasteiger partial charge in [0.15, 0.2) is 5.78 Å². The Hall–Kier alpha value is -2.06. The standard InChI is InChI=1S/C49H72N2O5/c1-29(2)10-9-17-48-27-41(54)40(53)26-38(48)39(52)25-37-36(48)15-18-47(5)35(16-19-49(37,47)56)34-24-30-11-8-14-32-31-12-6-7-13-33(31)44(43(42(30)32)45(34)55)46(3,4)20-22-51-23-21-50-28-51/h21,23,25,28-31,34-36,38,40-41,43,45,53-56H,6-20,22,24,26-27H2,1-5H3/t30-,31+,34+,35-,36+,38+,40-,41+,43-,45+,47-,48-,49-/m1/s1. The lowest BCUT2D eigenvalue weighted by atomic mass is 9.43. The first-order valence-electron chi connectivity index (χ1n) is 23.1. The number of aliphatic hydroxyl groups excluding tert-OH is 3. The summed E-state index contributed by atoms with van der Waals surface area (Å²) >= 11 is 0. The lowest BCUT2D eigenvalue weighted by Crippen LogP contribution is -2.62. The van der Waals surface area contributed by atoms with Crippen molar-refractivity contribution >= 4 is 5.78 Å². The smallest absolute Gasteiger partial charge is 0.159 e. The fourth-order valence-electron chi connectivity index (χ4n) is 15.7. The van der Waals surface area contributed by atoms with Crippen LogP contribution in [0.4, 0.5) is 0 Å². The zero-order valence-electron chi connectivity index (χ0n) is 35.2. The number of hydrogen-bond acceptors (Lipinski definition) is 6. The molecule has 0 unspecified atom stereocenters. The van der Waals surface area contributed by atoms with Crippen LogP contribution >= 0.6 is 0 Å². The summed E-state index contributed by atoms with van der Waals surface area (Å²) in [7, 11) is 0. The second-order valence-electron chi connectivity index (χ2n) is 21.8. The first kappa shape index (κ1) is 39.4. The average molecular weight is 769 g/mol. The van der Waals surface area contributed by atoms with Gasteiger partial charge in [-0.2, -0.15) is 0 Å². The van der Waals surface area contributed by atoms with Crippen molar-refractivity contribution < 1.29 is 25.2 Å². The minimum atomic E-state index is -1.12. The molecule has 7 nitrogen and oxygen atoms in total. The quantitative estimate of drug-likeness (QED) is 0.187. The van der Waals surface area contributed by atoms with Crippen LogP contribution in [0.3, 0.4) is 0 Å². The lowest BCUT2D eigenvalue weighted by molar-refractivity contribution is -0.161. The number of carbonyl (C=O) groups is 1. The SMILES string of the molecule is CC(C)CCC[C@]12C[C@H](O)[C@H](O)C[C@H]1C(=O)C=C1[C@@H]2CC[C@]2(C)[C@@H]([C@@H]3C[C@H]4CCCC5=C4[C@H](C(C(C)(C)CCn4ccnc4)=C4CCCC[C@@H]54)[C@H]3O)CC[C@@]12O. The summed E-state index contributed by atoms with van der Waals surface area (Å²) in [5.74, 6) is 1.66. The van der Waals surface area contributed by atoms with Crippen molar-refractivity contribution in [3.63, 3.8) is 0 Å². The third-order valence-electron chi connectivity index (χ3n) is 18.3. The molecule has 7 heteroatoms. The van der Waals surface area contributed by atoms with E-state index in [1.807, 2.05) is 18.6 Å². The van der Waals surface area contributed by atoms with Crippen LogP contribution in [0.1, 0.15) is 150 Å². The second kappa shape index (κ2) is 14.3. The molecule has 8 aliphatic rings. The lowest BCUT2D eigenvalue weighted by Gasteiger charge is -2.62. The van der Waals surface area contributed by atoms with Crippen molar-refractivity contribution in [2.24, 2.45) is 63.6 Å². The van der Waals surface area contributed by atoms with Crippen molar-refractivity contribution in [2.45, 2.75) is 181 Å². The normalized spacial score (nSPS) is 43.5. The largest absolute Gasteiger partial charge is 0.392 e. The van der Waals surface area contributed by atoms with Gasteiger partial charge in [-0.15, -0.1) is 0 Å². The summed E-state index contributed by atoms with van der Waals surface area (Å²) < 4.78 is 2.20. The number of carbonyl (C=O) groups excluding carboxylic acids is 1. The van der Waals surface area contributed by atoms with E-state index >= 15 is 0 Å². The predicted molar refractivity (Wildman–Crippen MR) is 219 cm³/mol. The summed E-state index contributed by atoms with van der Waals surface area (Å²) in [5, 5.41) is 48.7. The maximum absolute atomic E-state index is 14.3. The van der Waals surface area contributed by atoms with Gasteiger partial charge in [-0.1, -0.05) is 76.2 Å². The Labute approximate surface area is 336 Å². The number of fused-ring (bicyclic) bond motifs is 7. The van der Waals surface area contributed by atoms with E-state index in [1.54, 1.807) is 22.3 Å². The molecule has 5 fully saturated rings. The van der Waals surface area contributed by atoms with Crippen LogP contribution in [0.15, 0.2) is 52.7 Å². The summed E-state index contributed by atoms with van der Waals surface area (Å²) in [6, 6.07) is 0. The van der Waals surface area contributed by atoms with E-state index in [4.69, 9.17) is 0 Å². The van der Waals surface area contributed by atoms with Crippen LogP contribution < -0.4 is 0 Å². The molecule has 1 aromatic rings. The molecule has 56 heavy (non-hydrogen) atoms. The molecule has 0 radical (unpaired) electrons. The minimum Gasteiger partial charge on any atom is -0.392 e.